The van der Waals surface area contributed by atoms with Gasteiger partial charge in [0, 0.05) is 23.1 Å². The SMILES string of the molecule is N#C/C(=C/c1ccc(N(c2ccccc2)c2ccccc2)cc1)c1ccc(-c2ccc(S(=O)(=O)NC(=O)NC3CCCCC3)cc2)cc1. The second-order valence-electron chi connectivity index (χ2n) is 11.8. The van der Waals surface area contributed by atoms with Crippen molar-refractivity contribution in [3.63, 3.8) is 0 Å². The van der Waals surface area contributed by atoms with Gasteiger partial charge in [0.2, 0.25) is 0 Å². The largest absolute Gasteiger partial charge is 0.335 e. The number of nitriles is 1. The highest BCUT2D eigenvalue weighted by Gasteiger charge is 2.21. The topological polar surface area (TPSA) is 102 Å². The lowest BCUT2D eigenvalue weighted by atomic mass is 9.96. The number of benzene rings is 5. The van der Waals surface area contributed by atoms with Crippen LogP contribution < -0.4 is 14.9 Å². The Labute approximate surface area is 282 Å². The number of hydrogen-bond acceptors (Lipinski definition) is 5. The van der Waals surface area contributed by atoms with Crippen LogP contribution in [0.4, 0.5) is 21.9 Å². The predicted molar refractivity (Wildman–Crippen MR) is 192 cm³/mol. The molecule has 1 aliphatic carbocycles. The molecule has 0 heterocycles. The summed E-state index contributed by atoms with van der Waals surface area (Å²) in [5, 5.41) is 12.8. The molecule has 2 amide bonds. The predicted octanol–water partition coefficient (Wildman–Crippen LogP) is 9.21. The summed E-state index contributed by atoms with van der Waals surface area (Å²) in [5.74, 6) is 0. The molecular weight excluding hydrogens is 617 g/mol. The zero-order chi connectivity index (χ0) is 33.3. The van der Waals surface area contributed by atoms with Crippen molar-refractivity contribution in [1.82, 2.24) is 10.0 Å². The minimum atomic E-state index is -4.00. The minimum Gasteiger partial charge on any atom is -0.335 e. The lowest BCUT2D eigenvalue weighted by molar-refractivity contribution is 0.237. The standard InChI is InChI=1S/C40H36N4O3S/c41-29-34(28-30-16-24-38(25-17-30)44(36-12-6-2-7-13-36)37-14-8-3-9-15-37)33-20-18-31(19-21-33)32-22-26-39(27-23-32)48(46,47)43-40(45)42-35-10-4-1-5-11-35/h2-3,6-9,12-28,35H,1,4-5,10-11H2,(H2,42,43,45)/b34-28-. The summed E-state index contributed by atoms with van der Waals surface area (Å²) in [6.07, 6.45) is 6.80. The van der Waals surface area contributed by atoms with Crippen LogP contribution in [0.5, 0.6) is 0 Å². The first-order chi connectivity index (χ1) is 23.4. The number of nitrogens with zero attached hydrogens (tertiary/aromatic N) is 2. The highest BCUT2D eigenvalue weighted by Crippen LogP contribution is 2.34. The molecule has 0 unspecified atom stereocenters. The van der Waals surface area contributed by atoms with E-state index in [2.05, 4.69) is 45.3 Å². The van der Waals surface area contributed by atoms with Crippen LogP contribution in [0.1, 0.15) is 43.2 Å². The van der Waals surface area contributed by atoms with E-state index in [1.807, 2.05) is 91.0 Å². The summed E-state index contributed by atoms with van der Waals surface area (Å²) in [6.45, 7) is 0. The first-order valence-corrected chi connectivity index (χ1v) is 17.5. The van der Waals surface area contributed by atoms with E-state index < -0.39 is 16.1 Å². The number of nitrogens with one attached hydrogen (secondary N) is 2. The second-order valence-corrected chi connectivity index (χ2v) is 13.5. The van der Waals surface area contributed by atoms with Gasteiger partial charge in [-0.1, -0.05) is 104 Å². The molecule has 5 aromatic rings. The molecule has 0 atom stereocenters. The third-order valence-electron chi connectivity index (χ3n) is 8.47. The lowest BCUT2D eigenvalue weighted by Crippen LogP contribution is -2.45. The lowest BCUT2D eigenvalue weighted by Gasteiger charge is -2.25. The van der Waals surface area contributed by atoms with Gasteiger partial charge in [-0.3, -0.25) is 0 Å². The van der Waals surface area contributed by atoms with E-state index in [1.54, 1.807) is 12.1 Å². The molecule has 1 saturated carbocycles. The molecule has 0 radical (unpaired) electrons. The number of hydrogen-bond donors (Lipinski definition) is 2. The van der Waals surface area contributed by atoms with Gasteiger partial charge < -0.3 is 10.2 Å². The summed E-state index contributed by atoms with van der Waals surface area (Å²) in [4.78, 5) is 14.5. The van der Waals surface area contributed by atoms with Crippen molar-refractivity contribution in [1.29, 1.82) is 5.26 Å². The molecule has 0 aromatic heterocycles. The van der Waals surface area contributed by atoms with Gasteiger partial charge in [-0.25, -0.2) is 17.9 Å². The highest BCUT2D eigenvalue weighted by atomic mass is 32.2. The third kappa shape index (κ3) is 7.83. The van der Waals surface area contributed by atoms with Gasteiger partial charge in [-0.2, -0.15) is 5.26 Å². The number of urea groups is 1. The molecule has 240 valence electrons. The minimum absolute atomic E-state index is 0.00653. The monoisotopic (exact) mass is 652 g/mol. The molecule has 8 heteroatoms. The van der Waals surface area contributed by atoms with E-state index in [0.29, 0.717) is 5.57 Å². The van der Waals surface area contributed by atoms with Gasteiger partial charge in [0.1, 0.15) is 0 Å². The van der Waals surface area contributed by atoms with Crippen LogP contribution >= 0.6 is 0 Å². The fraction of sp³-hybridized carbons (Fsp3) is 0.150. The molecule has 48 heavy (non-hydrogen) atoms. The van der Waals surface area contributed by atoms with E-state index in [1.165, 1.54) is 12.1 Å². The van der Waals surface area contributed by atoms with Crippen LogP contribution in [0, 0.1) is 11.3 Å². The second kappa shape index (κ2) is 14.8. The summed E-state index contributed by atoms with van der Waals surface area (Å²) in [6, 6.07) is 44.1. The van der Waals surface area contributed by atoms with Gasteiger partial charge in [0.25, 0.3) is 10.0 Å². The van der Waals surface area contributed by atoms with Crippen LogP contribution in [0.3, 0.4) is 0 Å². The zero-order valence-electron chi connectivity index (χ0n) is 26.4. The molecule has 2 N–H and O–H groups in total. The van der Waals surface area contributed by atoms with Crippen LogP contribution in [0.15, 0.2) is 138 Å². The van der Waals surface area contributed by atoms with Gasteiger partial charge in [0.05, 0.1) is 16.5 Å². The molecule has 6 rings (SSSR count). The maximum absolute atomic E-state index is 12.8. The average molecular weight is 653 g/mol. The fourth-order valence-corrected chi connectivity index (χ4v) is 6.89. The molecule has 0 saturated heterocycles. The Morgan fingerprint density at radius 3 is 1.75 bits per heavy atom. The van der Waals surface area contributed by atoms with Gasteiger partial charge in [-0.05, 0) is 89.7 Å². The molecule has 5 aromatic carbocycles. The van der Waals surface area contributed by atoms with Crippen molar-refractivity contribution in [2.75, 3.05) is 4.90 Å². The van der Waals surface area contributed by atoms with E-state index in [9.17, 15) is 18.5 Å². The Morgan fingerprint density at radius 1 is 0.688 bits per heavy atom. The number of anilines is 3. The first kappa shape index (κ1) is 32.3. The van der Waals surface area contributed by atoms with Crippen molar-refractivity contribution >= 4 is 44.8 Å². The molecule has 1 fully saturated rings. The van der Waals surface area contributed by atoms with Crippen molar-refractivity contribution in [2.24, 2.45) is 0 Å². The van der Waals surface area contributed by atoms with Crippen molar-refractivity contribution in [3.8, 4) is 17.2 Å². The summed E-state index contributed by atoms with van der Waals surface area (Å²) >= 11 is 0. The van der Waals surface area contributed by atoms with Crippen LogP contribution in [0.25, 0.3) is 22.8 Å². The maximum Gasteiger partial charge on any atom is 0.328 e. The Bertz CT molecular complexity index is 1980. The number of carbonyl (C=O) groups excluding carboxylic acids is 1. The quantitative estimate of drug-likeness (QED) is 0.122. The smallest absolute Gasteiger partial charge is 0.328 e. The normalized spacial score (nSPS) is 13.7. The number of allylic oxidation sites excluding steroid dienone is 1. The Balaban J connectivity index is 1.14. The third-order valence-corrected chi connectivity index (χ3v) is 9.82. The summed E-state index contributed by atoms with van der Waals surface area (Å²) < 4.78 is 27.7. The van der Waals surface area contributed by atoms with Crippen LogP contribution in [0.2, 0.25) is 0 Å². The fourth-order valence-electron chi connectivity index (χ4n) is 5.98. The van der Waals surface area contributed by atoms with Crippen LogP contribution in [-0.2, 0) is 10.0 Å². The van der Waals surface area contributed by atoms with E-state index in [4.69, 9.17) is 0 Å². The number of amides is 2. The Morgan fingerprint density at radius 2 is 1.21 bits per heavy atom. The number of sulfonamides is 1. The Hall–Kier alpha value is -5.65. The van der Waals surface area contributed by atoms with E-state index in [0.717, 1.165) is 71.4 Å². The average Bonchev–Trinajstić information content (AvgIpc) is 3.12. The molecule has 7 nitrogen and oxygen atoms in total. The molecular formula is C40H36N4O3S. The van der Waals surface area contributed by atoms with Gasteiger partial charge in [-0.15, -0.1) is 0 Å². The summed E-state index contributed by atoms with van der Waals surface area (Å²) in [7, 11) is -4.00. The van der Waals surface area contributed by atoms with Crippen molar-refractivity contribution in [3.05, 3.63) is 145 Å². The van der Waals surface area contributed by atoms with Crippen LogP contribution in [-0.4, -0.2) is 20.5 Å². The van der Waals surface area contributed by atoms with E-state index in [-0.39, 0.29) is 10.9 Å². The first-order valence-electron chi connectivity index (χ1n) is 16.1. The van der Waals surface area contributed by atoms with Crippen molar-refractivity contribution in [2.45, 2.75) is 43.0 Å². The molecule has 0 aliphatic heterocycles. The highest BCUT2D eigenvalue weighted by molar-refractivity contribution is 7.90. The van der Waals surface area contributed by atoms with E-state index >= 15 is 0 Å². The number of rotatable bonds is 9. The van der Waals surface area contributed by atoms with Gasteiger partial charge in [0.15, 0.2) is 0 Å². The number of carbonyl (C=O) groups is 1. The number of para-hydroxylation sites is 2. The van der Waals surface area contributed by atoms with Gasteiger partial charge >= 0.3 is 6.03 Å². The van der Waals surface area contributed by atoms with Crippen molar-refractivity contribution < 1.29 is 13.2 Å². The molecule has 1 aliphatic rings. The Kier molecular flexibility index (Phi) is 9.99. The zero-order valence-corrected chi connectivity index (χ0v) is 27.2. The molecule has 0 spiro atoms. The molecule has 0 bridgehead atoms. The summed E-state index contributed by atoms with van der Waals surface area (Å²) in [5.41, 5.74) is 6.98. The maximum atomic E-state index is 12.8.